The van der Waals surface area contributed by atoms with Crippen molar-refractivity contribution in [3.05, 3.63) is 72.9 Å². The second-order valence-electron chi connectivity index (χ2n) is 18.7. The van der Waals surface area contributed by atoms with E-state index in [9.17, 15) is 35.1 Å². The lowest BCUT2D eigenvalue weighted by Crippen LogP contribution is -2.61. The second kappa shape index (κ2) is 45.3. The van der Waals surface area contributed by atoms with Crippen LogP contribution in [0.25, 0.3) is 0 Å². The van der Waals surface area contributed by atoms with Gasteiger partial charge < -0.3 is 45.1 Å². The van der Waals surface area contributed by atoms with E-state index in [1.54, 1.807) is 6.08 Å². The van der Waals surface area contributed by atoms with Crippen LogP contribution in [-0.2, 0) is 23.8 Å². The molecule has 0 aromatic heterocycles. The summed E-state index contributed by atoms with van der Waals surface area (Å²) in [6, 6.07) is -1.06. The first-order chi connectivity index (χ1) is 33.2. The van der Waals surface area contributed by atoms with Crippen molar-refractivity contribution < 1.29 is 49.3 Å². The fraction of sp³-hybridized carbons (Fsp3) is 0.754. The molecule has 0 aliphatic carbocycles. The lowest BCUT2D eigenvalue weighted by molar-refractivity contribution is -0.305. The molecule has 1 aliphatic rings. The predicted molar refractivity (Wildman–Crippen MR) is 278 cm³/mol. The monoisotopic (exact) mass is 958 g/mol. The lowest BCUT2D eigenvalue weighted by atomic mass is 9.99. The number of hydrogen-bond acceptors (Lipinski definition) is 10. The number of hydrogen-bond donors (Lipinski definition) is 6. The highest BCUT2D eigenvalue weighted by molar-refractivity contribution is 5.80. The fourth-order valence-corrected chi connectivity index (χ4v) is 8.15. The Hall–Kier alpha value is -2.90. The number of esters is 1. The molecule has 6 N–H and O–H groups in total. The Bertz CT molecular complexity index is 1380. The van der Waals surface area contributed by atoms with Crippen molar-refractivity contribution in [2.75, 3.05) is 13.2 Å². The van der Waals surface area contributed by atoms with Gasteiger partial charge in [-0.05, 0) is 38.5 Å². The van der Waals surface area contributed by atoms with Gasteiger partial charge in [-0.15, -0.1) is 0 Å². The van der Waals surface area contributed by atoms with E-state index in [1.165, 1.54) is 116 Å². The molecule has 1 amide bonds. The highest BCUT2D eigenvalue weighted by Gasteiger charge is 2.47. The van der Waals surface area contributed by atoms with Gasteiger partial charge in [0, 0.05) is 6.42 Å². The average molecular weight is 958 g/mol. The van der Waals surface area contributed by atoms with Gasteiger partial charge in [0.15, 0.2) is 12.4 Å². The number of unbranched alkanes of at least 4 members (excludes halogenated alkanes) is 24. The van der Waals surface area contributed by atoms with Gasteiger partial charge in [-0.2, -0.15) is 0 Å². The van der Waals surface area contributed by atoms with E-state index >= 15 is 0 Å². The summed E-state index contributed by atoms with van der Waals surface area (Å²) in [5.74, 6) is -1.27. The third-order valence-corrected chi connectivity index (χ3v) is 12.5. The molecule has 392 valence electrons. The van der Waals surface area contributed by atoms with E-state index in [-0.39, 0.29) is 19.4 Å². The first-order valence-electron chi connectivity index (χ1n) is 27.3. The van der Waals surface area contributed by atoms with Crippen LogP contribution in [0.15, 0.2) is 72.9 Å². The summed E-state index contributed by atoms with van der Waals surface area (Å²) in [4.78, 5) is 26.3. The molecule has 1 aliphatic heterocycles. The van der Waals surface area contributed by atoms with E-state index in [0.29, 0.717) is 12.8 Å². The minimum atomic E-state index is -1.62. The molecule has 0 aromatic rings. The summed E-state index contributed by atoms with van der Waals surface area (Å²) in [7, 11) is 0. The lowest BCUT2D eigenvalue weighted by Gasteiger charge is -2.41. The Morgan fingerprint density at radius 2 is 1.06 bits per heavy atom. The molecule has 68 heavy (non-hydrogen) atoms. The van der Waals surface area contributed by atoms with Crippen LogP contribution in [0.4, 0.5) is 0 Å². The maximum Gasteiger partial charge on any atom is 0.306 e. The summed E-state index contributed by atoms with van der Waals surface area (Å²) in [6.45, 7) is 5.57. The predicted octanol–water partition coefficient (Wildman–Crippen LogP) is 11.7. The Labute approximate surface area is 413 Å². The first-order valence-corrected chi connectivity index (χ1v) is 27.3. The van der Waals surface area contributed by atoms with Crippen molar-refractivity contribution in [1.29, 1.82) is 0 Å². The number of nitrogens with one attached hydrogen (secondary N) is 1. The molecule has 0 radical (unpaired) electrons. The van der Waals surface area contributed by atoms with Gasteiger partial charge in [0.2, 0.25) is 5.91 Å². The van der Waals surface area contributed by atoms with Crippen LogP contribution in [0, 0.1) is 0 Å². The van der Waals surface area contributed by atoms with Crippen molar-refractivity contribution in [3.63, 3.8) is 0 Å². The fourth-order valence-electron chi connectivity index (χ4n) is 8.15. The Kier molecular flexibility index (Phi) is 42.0. The van der Waals surface area contributed by atoms with Crippen molar-refractivity contribution in [2.45, 2.75) is 262 Å². The second-order valence-corrected chi connectivity index (χ2v) is 18.7. The van der Waals surface area contributed by atoms with Gasteiger partial charge in [-0.3, -0.25) is 9.59 Å². The van der Waals surface area contributed by atoms with Gasteiger partial charge in [0.25, 0.3) is 0 Å². The molecule has 1 fully saturated rings. The van der Waals surface area contributed by atoms with Crippen LogP contribution in [0.2, 0.25) is 0 Å². The van der Waals surface area contributed by atoms with Gasteiger partial charge in [0.1, 0.15) is 24.4 Å². The van der Waals surface area contributed by atoms with Gasteiger partial charge in [-0.1, -0.05) is 241 Å². The minimum Gasteiger partial charge on any atom is -0.454 e. The number of allylic oxidation sites excluding steroid dienone is 11. The van der Waals surface area contributed by atoms with Crippen molar-refractivity contribution in [1.82, 2.24) is 5.32 Å². The van der Waals surface area contributed by atoms with Gasteiger partial charge in [0.05, 0.1) is 25.4 Å². The van der Waals surface area contributed by atoms with E-state index in [0.717, 1.165) is 51.4 Å². The average Bonchev–Trinajstić information content (AvgIpc) is 3.33. The quantitative estimate of drug-likeness (QED) is 0.0149. The molecule has 0 spiro atoms. The molecule has 1 heterocycles. The minimum absolute atomic E-state index is 0.115. The Morgan fingerprint density at radius 1 is 0.588 bits per heavy atom. The smallest absolute Gasteiger partial charge is 0.306 e. The van der Waals surface area contributed by atoms with E-state index in [1.807, 2.05) is 60.8 Å². The number of amides is 1. The van der Waals surface area contributed by atoms with Crippen molar-refractivity contribution in [2.24, 2.45) is 0 Å². The summed E-state index contributed by atoms with van der Waals surface area (Å²) >= 11 is 0. The summed E-state index contributed by atoms with van der Waals surface area (Å²) in [5.41, 5.74) is 0. The third-order valence-electron chi connectivity index (χ3n) is 12.5. The zero-order valence-electron chi connectivity index (χ0n) is 43.0. The molecule has 8 unspecified atom stereocenters. The standard InChI is InChI=1S/C57H99NO10/c1-4-7-10-13-16-19-22-25-27-30-33-36-39-42-45-52(62)68-55-54(64)53(63)51(46-59)67-57(55)66-47-48(49(60)43-40-37-34-31-29-26-23-20-17-14-11-8-5-2)58-56(65)50(61)44-41-38-35-32-28-24-21-18-15-12-9-6-3/h9,12,15,18,21,24,28,32,35,38,40,43,48-51,53-55,57,59-61,63-64H,4-8,10-11,13-14,16-17,19-20,22-23,25-27,29-31,33-34,36-37,39,41-42,44-47H2,1-3H3,(H,58,65)/b12-9+,18-15+,24-21-,32-28-,38-35+,43-40+. The molecule has 8 atom stereocenters. The highest BCUT2D eigenvalue weighted by atomic mass is 16.7. The van der Waals surface area contributed by atoms with Gasteiger partial charge in [-0.25, -0.2) is 0 Å². The van der Waals surface area contributed by atoms with E-state index in [4.69, 9.17) is 14.2 Å². The zero-order valence-corrected chi connectivity index (χ0v) is 43.0. The molecule has 1 saturated heterocycles. The maximum absolute atomic E-state index is 13.3. The molecular formula is C57H99NO10. The molecular weight excluding hydrogens is 859 g/mol. The third kappa shape index (κ3) is 33.6. The molecule has 0 aromatic carbocycles. The first kappa shape index (κ1) is 63.1. The number of ether oxygens (including phenoxy) is 3. The van der Waals surface area contributed by atoms with Crippen LogP contribution in [0.3, 0.4) is 0 Å². The van der Waals surface area contributed by atoms with Crippen LogP contribution >= 0.6 is 0 Å². The summed E-state index contributed by atoms with van der Waals surface area (Å²) < 4.78 is 17.5. The topological polar surface area (TPSA) is 175 Å². The molecule has 11 heteroatoms. The number of carbonyl (C=O) groups is 2. The number of aliphatic hydroxyl groups excluding tert-OH is 5. The van der Waals surface area contributed by atoms with Crippen LogP contribution in [0.1, 0.15) is 213 Å². The number of aliphatic hydroxyl groups is 5. The normalized spacial score (nSPS) is 20.5. The highest BCUT2D eigenvalue weighted by Crippen LogP contribution is 2.26. The molecule has 1 rings (SSSR count). The van der Waals surface area contributed by atoms with Crippen LogP contribution < -0.4 is 5.32 Å². The van der Waals surface area contributed by atoms with Crippen LogP contribution in [-0.4, -0.2) is 99.6 Å². The van der Waals surface area contributed by atoms with Crippen LogP contribution in [0.5, 0.6) is 0 Å². The van der Waals surface area contributed by atoms with Crippen molar-refractivity contribution >= 4 is 11.9 Å². The summed E-state index contributed by atoms with van der Waals surface area (Å²) in [6.07, 6.45) is 45.4. The Morgan fingerprint density at radius 3 is 1.56 bits per heavy atom. The largest absolute Gasteiger partial charge is 0.454 e. The SMILES string of the molecule is CC/C=C/C=C/C=C\C=C/C=C/CCC(O)C(=O)NC(COC1OC(CO)C(O)C(O)C1OC(=O)CCCCCCCCCCCCCCCC)C(O)/C=C/CCCCCCCCCCCCC. The zero-order chi connectivity index (χ0) is 49.7. The molecule has 0 saturated carbocycles. The number of carbonyl (C=O) groups excluding carboxylic acids is 2. The molecule has 0 bridgehead atoms. The van der Waals surface area contributed by atoms with E-state index < -0.39 is 67.4 Å². The summed E-state index contributed by atoms with van der Waals surface area (Å²) in [5, 5.41) is 56.5. The maximum atomic E-state index is 13.3. The molecule has 11 nitrogen and oxygen atoms in total. The van der Waals surface area contributed by atoms with Gasteiger partial charge >= 0.3 is 5.97 Å². The Balaban J connectivity index is 2.82. The van der Waals surface area contributed by atoms with Crippen molar-refractivity contribution in [3.8, 4) is 0 Å². The van der Waals surface area contributed by atoms with E-state index in [2.05, 4.69) is 32.2 Å². The number of rotatable bonds is 44.